The maximum Gasteiger partial charge on any atom is 0.437 e. The first-order chi connectivity index (χ1) is 12.6. The van der Waals surface area contributed by atoms with Crippen LogP contribution in [0.2, 0.25) is 0 Å². The Morgan fingerprint density at radius 2 is 2.04 bits per heavy atom. The summed E-state index contributed by atoms with van der Waals surface area (Å²) in [5.41, 5.74) is 0.819. The lowest BCUT2D eigenvalue weighted by atomic mass is 10.2. The number of carbonyl (C=O) groups is 1. The molecule has 0 atom stereocenters. The van der Waals surface area contributed by atoms with E-state index in [-0.39, 0.29) is 24.9 Å². The number of carbonyl (C=O) groups excluding carboxylic acids is 1. The van der Waals surface area contributed by atoms with Gasteiger partial charge in [0.25, 0.3) is 5.89 Å². The summed E-state index contributed by atoms with van der Waals surface area (Å²) >= 11 is 0. The molecule has 0 saturated carbocycles. The molecule has 0 spiro atoms. The molecular formula is C17H17N3O6. The van der Waals surface area contributed by atoms with E-state index in [2.05, 4.69) is 10.4 Å². The van der Waals surface area contributed by atoms with Crippen LogP contribution in [0.15, 0.2) is 50.2 Å². The van der Waals surface area contributed by atoms with Crippen molar-refractivity contribution in [3.8, 4) is 23.1 Å². The molecule has 1 amide bonds. The van der Waals surface area contributed by atoms with Gasteiger partial charge in [-0.25, -0.2) is 4.79 Å². The van der Waals surface area contributed by atoms with Crippen LogP contribution in [0.25, 0.3) is 11.7 Å². The number of ether oxygens (including phenoxy) is 2. The third-order valence-corrected chi connectivity index (χ3v) is 3.57. The van der Waals surface area contributed by atoms with Gasteiger partial charge < -0.3 is 23.6 Å². The Bertz CT molecular complexity index is 942. The Kier molecular flexibility index (Phi) is 5.07. The SMILES string of the molecule is COc1ccc(CNC(=O)Cn2nc(-c3ccco3)oc2=O)cc1OC. The van der Waals surface area contributed by atoms with Gasteiger partial charge in [0.1, 0.15) is 6.54 Å². The number of methoxy groups -OCH3 is 2. The van der Waals surface area contributed by atoms with Gasteiger partial charge >= 0.3 is 5.76 Å². The summed E-state index contributed by atoms with van der Waals surface area (Å²) in [5.74, 6) is 0.371. The van der Waals surface area contributed by atoms with Gasteiger partial charge in [-0.15, -0.1) is 5.10 Å². The highest BCUT2D eigenvalue weighted by Crippen LogP contribution is 2.27. The standard InChI is InChI=1S/C17H17N3O6/c1-23-12-6-5-11(8-14(12)24-2)9-18-15(21)10-20-17(22)26-16(19-20)13-4-3-7-25-13/h3-8H,9-10H2,1-2H3,(H,18,21). The predicted octanol–water partition coefficient (Wildman–Crippen LogP) is 1.43. The Hall–Kier alpha value is -3.49. The molecular weight excluding hydrogens is 342 g/mol. The summed E-state index contributed by atoms with van der Waals surface area (Å²) in [7, 11) is 3.08. The number of aromatic nitrogens is 2. The zero-order chi connectivity index (χ0) is 18.5. The molecule has 1 N–H and O–H groups in total. The van der Waals surface area contributed by atoms with Crippen molar-refractivity contribution in [3.63, 3.8) is 0 Å². The van der Waals surface area contributed by atoms with Crippen molar-refractivity contribution < 1.29 is 23.1 Å². The number of furan rings is 1. The Balaban J connectivity index is 1.62. The van der Waals surface area contributed by atoms with Crippen molar-refractivity contribution in [2.45, 2.75) is 13.1 Å². The second kappa shape index (κ2) is 7.60. The first kappa shape index (κ1) is 17.3. The normalized spacial score (nSPS) is 10.5. The fourth-order valence-electron chi connectivity index (χ4n) is 2.29. The van der Waals surface area contributed by atoms with E-state index in [1.165, 1.54) is 13.4 Å². The predicted molar refractivity (Wildman–Crippen MR) is 89.9 cm³/mol. The van der Waals surface area contributed by atoms with Crippen molar-refractivity contribution in [2.24, 2.45) is 0 Å². The summed E-state index contributed by atoms with van der Waals surface area (Å²) in [6, 6.07) is 8.56. The molecule has 0 aliphatic carbocycles. The van der Waals surface area contributed by atoms with Crippen molar-refractivity contribution in [2.75, 3.05) is 14.2 Å². The van der Waals surface area contributed by atoms with Crippen molar-refractivity contribution in [1.29, 1.82) is 0 Å². The highest BCUT2D eigenvalue weighted by atomic mass is 16.5. The number of nitrogens with zero attached hydrogens (tertiary/aromatic N) is 2. The van der Waals surface area contributed by atoms with Crippen molar-refractivity contribution in [3.05, 3.63) is 52.7 Å². The quantitative estimate of drug-likeness (QED) is 0.680. The molecule has 0 aliphatic heterocycles. The lowest BCUT2D eigenvalue weighted by Gasteiger charge is -2.10. The number of benzene rings is 1. The molecule has 9 nitrogen and oxygen atoms in total. The molecule has 9 heteroatoms. The smallest absolute Gasteiger partial charge is 0.437 e. The minimum Gasteiger partial charge on any atom is -0.493 e. The third-order valence-electron chi connectivity index (χ3n) is 3.57. The molecule has 0 fully saturated rings. The second-order valence-electron chi connectivity index (χ2n) is 5.27. The van der Waals surface area contributed by atoms with E-state index in [4.69, 9.17) is 18.3 Å². The number of amides is 1. The van der Waals surface area contributed by atoms with E-state index in [1.807, 2.05) is 0 Å². The fraction of sp³-hybridized carbons (Fsp3) is 0.235. The summed E-state index contributed by atoms with van der Waals surface area (Å²) in [6.07, 6.45) is 1.43. The minimum atomic E-state index is -0.738. The van der Waals surface area contributed by atoms with Crippen LogP contribution in [-0.4, -0.2) is 29.9 Å². The van der Waals surface area contributed by atoms with E-state index >= 15 is 0 Å². The molecule has 3 aromatic rings. The topological polar surface area (TPSA) is 109 Å². The Labute approximate surface area is 148 Å². The van der Waals surface area contributed by atoms with E-state index in [9.17, 15) is 9.59 Å². The van der Waals surface area contributed by atoms with Crippen LogP contribution in [0.5, 0.6) is 11.5 Å². The van der Waals surface area contributed by atoms with Crippen LogP contribution in [0.3, 0.4) is 0 Å². The molecule has 136 valence electrons. The van der Waals surface area contributed by atoms with Gasteiger partial charge in [0.15, 0.2) is 17.3 Å². The molecule has 2 aromatic heterocycles. The first-order valence-electron chi connectivity index (χ1n) is 7.70. The number of rotatable bonds is 7. The Morgan fingerprint density at radius 1 is 1.23 bits per heavy atom. The minimum absolute atomic E-state index is 0.0210. The molecule has 0 bridgehead atoms. The summed E-state index contributed by atoms with van der Waals surface area (Å²) in [5, 5.41) is 6.65. The first-order valence-corrected chi connectivity index (χ1v) is 7.70. The highest BCUT2D eigenvalue weighted by molar-refractivity contribution is 5.75. The molecule has 0 saturated heterocycles. The third kappa shape index (κ3) is 3.77. The van der Waals surface area contributed by atoms with Gasteiger partial charge in [-0.05, 0) is 29.8 Å². The van der Waals surface area contributed by atoms with Crippen LogP contribution in [0, 0.1) is 0 Å². The molecule has 2 heterocycles. The molecule has 1 aromatic carbocycles. The van der Waals surface area contributed by atoms with Gasteiger partial charge in [0, 0.05) is 6.54 Å². The molecule has 0 aliphatic rings. The van der Waals surface area contributed by atoms with E-state index in [1.54, 1.807) is 37.4 Å². The maximum absolute atomic E-state index is 12.1. The van der Waals surface area contributed by atoms with Crippen LogP contribution in [-0.2, 0) is 17.9 Å². The summed E-state index contributed by atoms with van der Waals surface area (Å²) in [6.45, 7) is -0.00678. The number of hydrogen-bond acceptors (Lipinski definition) is 7. The zero-order valence-corrected chi connectivity index (χ0v) is 14.2. The molecule has 0 radical (unpaired) electrons. The van der Waals surface area contributed by atoms with Gasteiger partial charge in [0.05, 0.1) is 20.5 Å². The fourth-order valence-corrected chi connectivity index (χ4v) is 2.29. The monoisotopic (exact) mass is 359 g/mol. The summed E-state index contributed by atoms with van der Waals surface area (Å²) in [4.78, 5) is 23.9. The molecule has 26 heavy (non-hydrogen) atoms. The molecule has 3 rings (SSSR count). The Morgan fingerprint density at radius 3 is 2.73 bits per heavy atom. The van der Waals surface area contributed by atoms with E-state index in [0.717, 1.165) is 10.2 Å². The highest BCUT2D eigenvalue weighted by Gasteiger charge is 2.15. The van der Waals surface area contributed by atoms with E-state index < -0.39 is 5.76 Å². The zero-order valence-electron chi connectivity index (χ0n) is 14.2. The van der Waals surface area contributed by atoms with Crippen molar-refractivity contribution in [1.82, 2.24) is 15.1 Å². The van der Waals surface area contributed by atoms with Crippen molar-refractivity contribution >= 4 is 5.91 Å². The van der Waals surface area contributed by atoms with Crippen LogP contribution >= 0.6 is 0 Å². The van der Waals surface area contributed by atoms with Crippen LogP contribution in [0.4, 0.5) is 0 Å². The maximum atomic E-state index is 12.1. The van der Waals surface area contributed by atoms with Gasteiger partial charge in [0.2, 0.25) is 5.91 Å². The second-order valence-corrected chi connectivity index (χ2v) is 5.27. The van der Waals surface area contributed by atoms with E-state index in [0.29, 0.717) is 17.3 Å². The van der Waals surface area contributed by atoms with Gasteiger partial charge in [-0.1, -0.05) is 6.07 Å². The lowest BCUT2D eigenvalue weighted by molar-refractivity contribution is -0.122. The average molecular weight is 359 g/mol. The summed E-state index contributed by atoms with van der Waals surface area (Å²) < 4.78 is 21.4. The van der Waals surface area contributed by atoms with Gasteiger partial charge in [-0.2, -0.15) is 4.68 Å². The largest absolute Gasteiger partial charge is 0.493 e. The average Bonchev–Trinajstić information content (AvgIpc) is 3.30. The van der Waals surface area contributed by atoms with Crippen LogP contribution < -0.4 is 20.5 Å². The van der Waals surface area contributed by atoms with Gasteiger partial charge in [-0.3, -0.25) is 4.79 Å². The molecule has 0 unspecified atom stereocenters. The number of hydrogen-bond donors (Lipinski definition) is 1. The van der Waals surface area contributed by atoms with Crippen LogP contribution in [0.1, 0.15) is 5.56 Å². The lowest BCUT2D eigenvalue weighted by Crippen LogP contribution is -2.31. The number of nitrogens with one attached hydrogen (secondary N) is 1.